The highest BCUT2D eigenvalue weighted by molar-refractivity contribution is 7.25. The molecule has 0 saturated heterocycles. The molecule has 4 heteroatoms. The fourth-order valence-electron chi connectivity index (χ4n) is 6.12. The van der Waals surface area contributed by atoms with Crippen LogP contribution in [0.5, 0.6) is 0 Å². The summed E-state index contributed by atoms with van der Waals surface area (Å²) in [6, 6.07) is 45.3. The Morgan fingerprint density at radius 2 is 1.23 bits per heavy atom. The molecule has 40 heavy (non-hydrogen) atoms. The smallest absolute Gasteiger partial charge is 0.235 e. The highest BCUT2D eigenvalue weighted by Crippen LogP contribution is 2.40. The number of para-hydroxylation sites is 2. The molecule has 0 fully saturated rings. The summed E-state index contributed by atoms with van der Waals surface area (Å²) in [4.78, 5) is 10.4. The third-order valence-electron chi connectivity index (χ3n) is 7.99. The molecule has 0 aliphatic carbocycles. The minimum Gasteiger partial charge on any atom is -0.278 e. The lowest BCUT2D eigenvalue weighted by atomic mass is 10.0. The largest absolute Gasteiger partial charge is 0.278 e. The molecule has 0 aliphatic heterocycles. The lowest BCUT2D eigenvalue weighted by Crippen LogP contribution is -2.03. The molecule has 3 nitrogen and oxygen atoms in total. The van der Waals surface area contributed by atoms with Crippen LogP contribution in [0.15, 0.2) is 127 Å². The summed E-state index contributed by atoms with van der Waals surface area (Å²) in [5.74, 6) is 0.688. The van der Waals surface area contributed by atoms with Crippen molar-refractivity contribution in [2.75, 3.05) is 0 Å². The lowest BCUT2D eigenvalue weighted by molar-refractivity contribution is 1.01. The summed E-state index contributed by atoms with van der Waals surface area (Å²) in [5.41, 5.74) is 5.20. The number of benzene rings is 6. The Bertz CT molecular complexity index is 2450. The molecule has 0 bridgehead atoms. The van der Waals surface area contributed by atoms with Crippen LogP contribution in [0.4, 0.5) is 0 Å². The summed E-state index contributed by atoms with van der Waals surface area (Å²) in [5, 5.41) is 8.51. The molecular weight excluding hydrogens is 506 g/mol. The Balaban J connectivity index is 1.39. The van der Waals surface area contributed by atoms with Crippen molar-refractivity contribution < 1.29 is 0 Å². The van der Waals surface area contributed by atoms with E-state index in [2.05, 4.69) is 132 Å². The van der Waals surface area contributed by atoms with Crippen LogP contribution in [-0.2, 0) is 0 Å². The molecule has 6 aromatic carbocycles. The molecule has 3 aromatic heterocycles. The van der Waals surface area contributed by atoms with Gasteiger partial charge in [-0.15, -0.1) is 11.3 Å². The standard InChI is InChI=1S/C36H21N3S/c1-2-10-23-19-24(18-17-22(23)9-1)35-27-13-3-6-14-30(27)37-36(38-35)39-31-15-7-4-11-25(31)28-20-29-26-12-5-8-16-33(26)40-34(29)21-32(28)39/h1-21H. The van der Waals surface area contributed by atoms with E-state index >= 15 is 0 Å². The van der Waals surface area contributed by atoms with Gasteiger partial charge in [-0.3, -0.25) is 4.57 Å². The quantitative estimate of drug-likeness (QED) is 0.224. The first kappa shape index (κ1) is 21.8. The number of nitrogens with zero attached hydrogens (tertiary/aromatic N) is 3. The van der Waals surface area contributed by atoms with Gasteiger partial charge in [0.15, 0.2) is 0 Å². The van der Waals surface area contributed by atoms with E-state index in [-0.39, 0.29) is 0 Å². The minimum atomic E-state index is 0.688. The third-order valence-corrected chi connectivity index (χ3v) is 9.12. The molecule has 0 amide bonds. The number of hydrogen-bond acceptors (Lipinski definition) is 3. The molecule has 0 radical (unpaired) electrons. The van der Waals surface area contributed by atoms with Gasteiger partial charge in [-0.1, -0.05) is 91.0 Å². The van der Waals surface area contributed by atoms with Gasteiger partial charge in [0.25, 0.3) is 0 Å². The fourth-order valence-corrected chi connectivity index (χ4v) is 7.24. The zero-order valence-electron chi connectivity index (χ0n) is 21.4. The van der Waals surface area contributed by atoms with Crippen molar-refractivity contribution in [2.24, 2.45) is 0 Å². The van der Waals surface area contributed by atoms with Gasteiger partial charge in [-0.25, -0.2) is 9.97 Å². The number of aromatic nitrogens is 3. The monoisotopic (exact) mass is 527 g/mol. The van der Waals surface area contributed by atoms with Crippen LogP contribution < -0.4 is 0 Å². The predicted octanol–water partition coefficient (Wildman–Crippen LogP) is 9.91. The number of rotatable bonds is 2. The van der Waals surface area contributed by atoms with Crippen LogP contribution in [0.2, 0.25) is 0 Å². The van der Waals surface area contributed by atoms with Crippen molar-refractivity contribution in [3.05, 3.63) is 127 Å². The molecule has 0 atom stereocenters. The van der Waals surface area contributed by atoms with Crippen LogP contribution >= 0.6 is 11.3 Å². The zero-order valence-corrected chi connectivity index (χ0v) is 22.2. The second kappa shape index (κ2) is 8.22. The van der Waals surface area contributed by atoms with Crippen LogP contribution in [0.3, 0.4) is 0 Å². The number of hydrogen-bond donors (Lipinski definition) is 0. The van der Waals surface area contributed by atoms with E-state index in [4.69, 9.17) is 9.97 Å². The Labute approximate surface area is 233 Å². The molecule has 0 unspecified atom stereocenters. The maximum atomic E-state index is 5.30. The highest BCUT2D eigenvalue weighted by Gasteiger charge is 2.19. The van der Waals surface area contributed by atoms with Gasteiger partial charge in [0.1, 0.15) is 0 Å². The van der Waals surface area contributed by atoms with Crippen LogP contribution in [0.25, 0.3) is 80.9 Å². The van der Waals surface area contributed by atoms with E-state index in [0.717, 1.165) is 33.2 Å². The van der Waals surface area contributed by atoms with Crippen molar-refractivity contribution in [1.82, 2.24) is 14.5 Å². The predicted molar refractivity (Wildman–Crippen MR) is 170 cm³/mol. The Morgan fingerprint density at radius 3 is 2.15 bits per heavy atom. The second-order valence-electron chi connectivity index (χ2n) is 10.3. The number of thiophene rings is 1. The van der Waals surface area contributed by atoms with E-state index < -0.39 is 0 Å². The van der Waals surface area contributed by atoms with Gasteiger partial charge in [0.05, 0.1) is 22.2 Å². The molecule has 0 aliphatic rings. The number of fused-ring (bicyclic) bond motifs is 8. The van der Waals surface area contributed by atoms with Gasteiger partial charge < -0.3 is 0 Å². The van der Waals surface area contributed by atoms with Gasteiger partial charge in [-0.2, -0.15) is 0 Å². The summed E-state index contributed by atoms with van der Waals surface area (Å²) in [7, 11) is 0. The molecular formula is C36H21N3S. The molecule has 0 N–H and O–H groups in total. The SMILES string of the molecule is c1ccc2cc(-c3nc(-n4c5ccccc5c5cc6c(cc54)sc4ccccc46)nc4ccccc34)ccc2c1. The van der Waals surface area contributed by atoms with E-state index in [0.29, 0.717) is 5.95 Å². The maximum Gasteiger partial charge on any atom is 0.235 e. The van der Waals surface area contributed by atoms with E-state index in [1.165, 1.54) is 41.7 Å². The summed E-state index contributed by atoms with van der Waals surface area (Å²) in [6.07, 6.45) is 0. The van der Waals surface area contributed by atoms with Crippen LogP contribution in [0.1, 0.15) is 0 Å². The van der Waals surface area contributed by atoms with E-state index in [1.807, 2.05) is 11.3 Å². The first-order valence-corrected chi connectivity index (χ1v) is 14.2. The van der Waals surface area contributed by atoms with Crippen molar-refractivity contribution in [1.29, 1.82) is 0 Å². The third kappa shape index (κ3) is 3.11. The summed E-state index contributed by atoms with van der Waals surface area (Å²) < 4.78 is 4.82. The molecule has 0 saturated carbocycles. The van der Waals surface area contributed by atoms with E-state index in [9.17, 15) is 0 Å². The molecule has 0 spiro atoms. The van der Waals surface area contributed by atoms with E-state index in [1.54, 1.807) is 0 Å². The Kier molecular flexibility index (Phi) is 4.48. The normalized spacial score (nSPS) is 12.0. The van der Waals surface area contributed by atoms with Gasteiger partial charge in [0.2, 0.25) is 5.95 Å². The lowest BCUT2D eigenvalue weighted by Gasteiger charge is -2.12. The molecule has 9 aromatic rings. The zero-order chi connectivity index (χ0) is 26.2. The second-order valence-corrected chi connectivity index (χ2v) is 11.4. The molecule has 3 heterocycles. The van der Waals surface area contributed by atoms with Gasteiger partial charge >= 0.3 is 0 Å². The highest BCUT2D eigenvalue weighted by atomic mass is 32.1. The first-order valence-electron chi connectivity index (χ1n) is 13.4. The van der Waals surface area contributed by atoms with Crippen molar-refractivity contribution in [3.63, 3.8) is 0 Å². The average molecular weight is 528 g/mol. The topological polar surface area (TPSA) is 30.7 Å². The Morgan fingerprint density at radius 1 is 0.475 bits per heavy atom. The maximum absolute atomic E-state index is 5.30. The summed E-state index contributed by atoms with van der Waals surface area (Å²) in [6.45, 7) is 0. The van der Waals surface area contributed by atoms with Gasteiger partial charge in [0, 0.05) is 41.9 Å². The molecule has 186 valence electrons. The van der Waals surface area contributed by atoms with Crippen molar-refractivity contribution in [2.45, 2.75) is 0 Å². The summed E-state index contributed by atoms with van der Waals surface area (Å²) >= 11 is 1.84. The first-order chi connectivity index (χ1) is 19.8. The fraction of sp³-hybridized carbons (Fsp3) is 0. The van der Waals surface area contributed by atoms with Crippen LogP contribution in [-0.4, -0.2) is 14.5 Å². The van der Waals surface area contributed by atoms with Crippen molar-refractivity contribution in [3.8, 4) is 17.2 Å². The average Bonchev–Trinajstić information content (AvgIpc) is 3.54. The Hall–Kier alpha value is -5.06. The van der Waals surface area contributed by atoms with Crippen molar-refractivity contribution >= 4 is 75.0 Å². The molecule has 9 rings (SSSR count). The van der Waals surface area contributed by atoms with Crippen LogP contribution in [0, 0.1) is 0 Å². The van der Waals surface area contributed by atoms with Gasteiger partial charge in [-0.05, 0) is 47.2 Å². The minimum absolute atomic E-state index is 0.688.